The lowest BCUT2D eigenvalue weighted by Crippen LogP contribution is -2.31. The molecule has 0 bridgehead atoms. The predicted octanol–water partition coefficient (Wildman–Crippen LogP) is 4.80. The number of amides is 1. The Hall–Kier alpha value is -4.46. The van der Waals surface area contributed by atoms with E-state index in [1.54, 1.807) is 4.68 Å². The number of hydrogen-bond acceptors (Lipinski definition) is 6. The van der Waals surface area contributed by atoms with Crippen LogP contribution < -0.4 is 15.4 Å². The van der Waals surface area contributed by atoms with Crippen molar-refractivity contribution >= 4 is 17.5 Å². The molecule has 1 atom stereocenters. The number of allylic oxidation sites excluding steroid dienone is 1. The lowest BCUT2D eigenvalue weighted by Gasteiger charge is -2.28. The van der Waals surface area contributed by atoms with Gasteiger partial charge < -0.3 is 15.4 Å². The van der Waals surface area contributed by atoms with Crippen LogP contribution in [0.2, 0.25) is 0 Å². The zero-order valence-corrected chi connectivity index (χ0v) is 19.8. The molecule has 1 aliphatic heterocycles. The zero-order chi connectivity index (χ0) is 24.4. The maximum atomic E-state index is 13.4. The Morgan fingerprint density at radius 3 is 2.60 bits per heavy atom. The van der Waals surface area contributed by atoms with Gasteiger partial charge in [-0.3, -0.25) is 4.79 Å². The molecule has 8 heteroatoms. The van der Waals surface area contributed by atoms with Crippen molar-refractivity contribution in [2.45, 2.75) is 33.4 Å². The summed E-state index contributed by atoms with van der Waals surface area (Å²) in [5.74, 6) is 1.01. The van der Waals surface area contributed by atoms with Gasteiger partial charge in [-0.25, -0.2) is 0 Å². The number of aryl methyl sites for hydroxylation is 2. The van der Waals surface area contributed by atoms with Gasteiger partial charge in [0.1, 0.15) is 18.4 Å². The summed E-state index contributed by atoms with van der Waals surface area (Å²) < 4.78 is 7.63. The van der Waals surface area contributed by atoms with Gasteiger partial charge in [-0.2, -0.15) is 4.68 Å². The van der Waals surface area contributed by atoms with E-state index in [0.29, 0.717) is 23.8 Å². The molecule has 0 aliphatic carbocycles. The van der Waals surface area contributed by atoms with Crippen molar-refractivity contribution in [3.63, 3.8) is 0 Å². The average molecular weight is 467 g/mol. The summed E-state index contributed by atoms with van der Waals surface area (Å²) in [6.07, 6.45) is 0. The van der Waals surface area contributed by atoms with Crippen molar-refractivity contribution in [2.24, 2.45) is 0 Å². The van der Waals surface area contributed by atoms with Crippen molar-refractivity contribution in [1.82, 2.24) is 20.2 Å². The Balaban J connectivity index is 1.42. The van der Waals surface area contributed by atoms with Crippen LogP contribution in [0.25, 0.3) is 0 Å². The van der Waals surface area contributed by atoms with E-state index < -0.39 is 6.04 Å². The first-order chi connectivity index (χ1) is 17.0. The molecule has 176 valence electrons. The number of hydrogen-bond donors (Lipinski definition) is 2. The Bertz CT molecular complexity index is 1410. The van der Waals surface area contributed by atoms with E-state index in [-0.39, 0.29) is 5.91 Å². The highest BCUT2D eigenvalue weighted by Gasteiger charge is 2.34. The molecule has 5 rings (SSSR count). The van der Waals surface area contributed by atoms with Crippen molar-refractivity contribution in [3.8, 4) is 5.75 Å². The fraction of sp³-hybridized carbons (Fsp3) is 0.185. The number of aromatic nitrogens is 4. The molecule has 35 heavy (non-hydrogen) atoms. The number of tetrazole rings is 1. The van der Waals surface area contributed by atoms with Crippen molar-refractivity contribution < 1.29 is 9.53 Å². The molecule has 8 nitrogen and oxygen atoms in total. The molecule has 2 N–H and O–H groups in total. The molecule has 0 spiro atoms. The van der Waals surface area contributed by atoms with E-state index in [1.165, 1.54) is 5.56 Å². The highest BCUT2D eigenvalue weighted by molar-refractivity contribution is 6.06. The summed E-state index contributed by atoms with van der Waals surface area (Å²) in [7, 11) is 0. The van der Waals surface area contributed by atoms with Gasteiger partial charge in [0.15, 0.2) is 0 Å². The van der Waals surface area contributed by atoms with Crippen LogP contribution >= 0.6 is 0 Å². The highest BCUT2D eigenvalue weighted by atomic mass is 16.5. The molecule has 4 aromatic rings. The van der Waals surface area contributed by atoms with E-state index in [9.17, 15) is 4.79 Å². The smallest absolute Gasteiger partial charge is 0.255 e. The van der Waals surface area contributed by atoms with E-state index in [2.05, 4.69) is 45.2 Å². The van der Waals surface area contributed by atoms with Gasteiger partial charge in [-0.1, -0.05) is 53.6 Å². The van der Waals surface area contributed by atoms with Crippen molar-refractivity contribution in [1.29, 1.82) is 0 Å². The quantitative estimate of drug-likeness (QED) is 0.424. The van der Waals surface area contributed by atoms with Gasteiger partial charge in [0.2, 0.25) is 5.95 Å². The number of nitrogens with zero attached hydrogens (tertiary/aromatic N) is 4. The van der Waals surface area contributed by atoms with Crippen LogP contribution in [0.3, 0.4) is 0 Å². The maximum Gasteiger partial charge on any atom is 0.255 e. The SMILES string of the molecule is CC1=C(C(=O)Nc2cccc(C)c2)C(c2ccc(OCc3ccccc3C)cc2)n2nnnc2N1. The summed E-state index contributed by atoms with van der Waals surface area (Å²) in [6, 6.07) is 23.1. The van der Waals surface area contributed by atoms with E-state index in [1.807, 2.05) is 74.5 Å². The fourth-order valence-electron chi connectivity index (χ4n) is 4.22. The van der Waals surface area contributed by atoms with Gasteiger partial charge in [-0.15, -0.1) is 0 Å². The third kappa shape index (κ3) is 4.63. The van der Waals surface area contributed by atoms with Gasteiger partial charge in [0.25, 0.3) is 5.91 Å². The topological polar surface area (TPSA) is 94.0 Å². The predicted molar refractivity (Wildman–Crippen MR) is 134 cm³/mol. The molecule has 1 amide bonds. The molecule has 1 aromatic heterocycles. The second kappa shape index (κ2) is 9.42. The Kier molecular flexibility index (Phi) is 6.01. The van der Waals surface area contributed by atoms with Crippen LogP contribution in [0, 0.1) is 13.8 Å². The monoisotopic (exact) mass is 466 g/mol. The molecule has 2 heterocycles. The van der Waals surface area contributed by atoms with Gasteiger partial charge in [0.05, 0.1) is 5.57 Å². The largest absolute Gasteiger partial charge is 0.489 e. The number of rotatable bonds is 6. The second-order valence-corrected chi connectivity index (χ2v) is 8.62. The number of carbonyl (C=O) groups excluding carboxylic acids is 1. The van der Waals surface area contributed by atoms with E-state index >= 15 is 0 Å². The fourth-order valence-corrected chi connectivity index (χ4v) is 4.22. The molecule has 1 aliphatic rings. The molecule has 1 unspecified atom stereocenters. The number of anilines is 2. The summed E-state index contributed by atoms with van der Waals surface area (Å²) in [5, 5.41) is 18.2. The summed E-state index contributed by atoms with van der Waals surface area (Å²) in [6.45, 7) is 6.40. The maximum absolute atomic E-state index is 13.4. The Labute approximate surface area is 203 Å². The summed E-state index contributed by atoms with van der Waals surface area (Å²) >= 11 is 0. The summed E-state index contributed by atoms with van der Waals surface area (Å²) in [5.41, 5.74) is 6.24. The first-order valence-corrected chi connectivity index (χ1v) is 11.4. The normalized spacial score (nSPS) is 14.8. The van der Waals surface area contributed by atoms with Gasteiger partial charge in [0, 0.05) is 11.4 Å². The molecule has 0 fully saturated rings. The lowest BCUT2D eigenvalue weighted by molar-refractivity contribution is -0.113. The minimum atomic E-state index is -0.489. The van der Waals surface area contributed by atoms with Crippen LogP contribution in [-0.2, 0) is 11.4 Å². The minimum absolute atomic E-state index is 0.216. The minimum Gasteiger partial charge on any atom is -0.489 e. The number of nitrogens with one attached hydrogen (secondary N) is 2. The second-order valence-electron chi connectivity index (χ2n) is 8.62. The van der Waals surface area contributed by atoms with Crippen LogP contribution in [-0.4, -0.2) is 26.1 Å². The first kappa shape index (κ1) is 22.3. The third-order valence-corrected chi connectivity index (χ3v) is 6.09. The number of benzene rings is 3. The third-order valence-electron chi connectivity index (χ3n) is 6.09. The van der Waals surface area contributed by atoms with Gasteiger partial charge >= 0.3 is 0 Å². The number of fused-ring (bicyclic) bond motifs is 1. The lowest BCUT2D eigenvalue weighted by atomic mass is 9.95. The van der Waals surface area contributed by atoms with Gasteiger partial charge in [-0.05, 0) is 77.7 Å². The Morgan fingerprint density at radius 1 is 1.03 bits per heavy atom. The van der Waals surface area contributed by atoms with E-state index in [0.717, 1.165) is 28.1 Å². The van der Waals surface area contributed by atoms with Crippen LogP contribution in [0.4, 0.5) is 11.6 Å². The van der Waals surface area contributed by atoms with Crippen LogP contribution in [0.1, 0.15) is 35.2 Å². The van der Waals surface area contributed by atoms with Crippen molar-refractivity contribution in [2.75, 3.05) is 10.6 Å². The molecule has 0 saturated heterocycles. The van der Waals surface area contributed by atoms with Crippen LogP contribution in [0.15, 0.2) is 84.1 Å². The Morgan fingerprint density at radius 2 is 1.83 bits per heavy atom. The molecule has 0 saturated carbocycles. The summed E-state index contributed by atoms with van der Waals surface area (Å²) in [4.78, 5) is 13.4. The number of ether oxygens (including phenoxy) is 1. The molecular weight excluding hydrogens is 440 g/mol. The van der Waals surface area contributed by atoms with E-state index in [4.69, 9.17) is 4.74 Å². The zero-order valence-electron chi connectivity index (χ0n) is 19.8. The standard InChI is InChI=1S/C27H26N6O2/c1-17-7-6-10-22(15-17)29-26(34)24-19(3)28-27-30-31-32-33(27)25(24)20-11-13-23(14-12-20)35-16-21-9-5-4-8-18(21)2/h4-15,25H,16H2,1-3H3,(H,29,34)(H,28,30,32). The number of carbonyl (C=O) groups is 1. The van der Waals surface area contributed by atoms with Crippen LogP contribution in [0.5, 0.6) is 5.75 Å². The average Bonchev–Trinajstić information content (AvgIpc) is 3.31. The van der Waals surface area contributed by atoms with Crippen molar-refractivity contribution in [3.05, 3.63) is 106 Å². The molecular formula is C27H26N6O2. The first-order valence-electron chi connectivity index (χ1n) is 11.4. The molecule has 0 radical (unpaired) electrons. The molecule has 3 aromatic carbocycles. The highest BCUT2D eigenvalue weighted by Crippen LogP contribution is 2.35.